The summed E-state index contributed by atoms with van der Waals surface area (Å²) < 4.78 is 28.4. The fourth-order valence-electron chi connectivity index (χ4n) is 2.48. The Hall–Kier alpha value is -1.06. The van der Waals surface area contributed by atoms with Crippen molar-refractivity contribution >= 4 is 27.8 Å². The predicted molar refractivity (Wildman–Crippen MR) is 77.3 cm³/mol. The van der Waals surface area contributed by atoms with Crippen molar-refractivity contribution in [3.05, 3.63) is 12.5 Å². The summed E-state index contributed by atoms with van der Waals surface area (Å²) in [5, 5.41) is 8.98. The van der Waals surface area contributed by atoms with Gasteiger partial charge in [-0.15, -0.1) is 11.8 Å². The molecule has 2 heterocycles. The number of carbonyl (C=O) groups is 1. The number of carboxylic acids is 1. The average Bonchev–Trinajstić information content (AvgIpc) is 3.01. The molecule has 21 heavy (non-hydrogen) atoms. The molecule has 0 aromatic carbocycles. The second kappa shape index (κ2) is 5.29. The maximum Gasteiger partial charge on any atom is 0.322 e. The molecule has 1 saturated heterocycles. The normalized spacial score (nSPS) is 27.1. The molecule has 1 aromatic rings. The minimum Gasteiger partial charge on any atom is -0.480 e. The molecule has 2 aliphatic rings. The van der Waals surface area contributed by atoms with E-state index in [4.69, 9.17) is 0 Å². The highest BCUT2D eigenvalue weighted by Gasteiger charge is 2.52. The van der Waals surface area contributed by atoms with Crippen LogP contribution in [0.15, 0.2) is 17.6 Å². The first-order chi connectivity index (χ1) is 9.95. The van der Waals surface area contributed by atoms with Crippen LogP contribution in [0.1, 0.15) is 19.8 Å². The molecule has 7 nitrogen and oxygen atoms in total. The number of nitrogens with zero attached hydrogens (tertiary/aromatic N) is 3. The van der Waals surface area contributed by atoms with Crippen molar-refractivity contribution in [1.82, 2.24) is 13.9 Å². The van der Waals surface area contributed by atoms with E-state index in [-0.39, 0.29) is 16.3 Å². The smallest absolute Gasteiger partial charge is 0.322 e. The molecule has 1 N–H and O–H groups in total. The topological polar surface area (TPSA) is 92.5 Å². The fourth-order valence-corrected chi connectivity index (χ4v) is 6.23. The number of hydrogen-bond acceptors (Lipinski definition) is 5. The van der Waals surface area contributed by atoms with Gasteiger partial charge in [-0.05, 0) is 25.7 Å². The summed E-state index contributed by atoms with van der Waals surface area (Å²) in [6, 6.07) is -1.00. The molecule has 0 spiro atoms. The zero-order chi connectivity index (χ0) is 15.2. The van der Waals surface area contributed by atoms with E-state index in [1.54, 1.807) is 4.57 Å². The van der Waals surface area contributed by atoms with E-state index in [9.17, 15) is 18.3 Å². The molecule has 9 heteroatoms. The van der Waals surface area contributed by atoms with Gasteiger partial charge in [0.15, 0.2) is 5.03 Å². The van der Waals surface area contributed by atoms with Crippen LogP contribution in [0.3, 0.4) is 0 Å². The van der Waals surface area contributed by atoms with E-state index in [1.807, 2.05) is 6.92 Å². The quantitative estimate of drug-likeness (QED) is 0.859. The molecular formula is C12H17N3O4S2. The van der Waals surface area contributed by atoms with Crippen LogP contribution < -0.4 is 0 Å². The van der Waals surface area contributed by atoms with Gasteiger partial charge in [-0.2, -0.15) is 4.31 Å². The van der Waals surface area contributed by atoms with E-state index in [1.165, 1.54) is 28.6 Å². The Morgan fingerprint density at radius 3 is 2.76 bits per heavy atom. The van der Waals surface area contributed by atoms with Gasteiger partial charge in [-0.3, -0.25) is 4.79 Å². The molecule has 1 aromatic heterocycles. The molecule has 2 atom stereocenters. The average molecular weight is 331 g/mol. The lowest BCUT2D eigenvalue weighted by Crippen LogP contribution is -2.46. The molecule has 0 radical (unpaired) electrons. The molecule has 2 fully saturated rings. The van der Waals surface area contributed by atoms with E-state index in [2.05, 4.69) is 4.98 Å². The zero-order valence-corrected chi connectivity index (χ0v) is 13.2. The third-order valence-corrected chi connectivity index (χ3v) is 7.18. The number of thioether (sulfide) groups is 1. The van der Waals surface area contributed by atoms with Gasteiger partial charge >= 0.3 is 5.97 Å². The van der Waals surface area contributed by atoms with Gasteiger partial charge in [0.05, 0.1) is 11.7 Å². The number of carboxylic acid groups (broad SMARTS) is 1. The molecule has 3 rings (SSSR count). The third-order valence-electron chi connectivity index (χ3n) is 3.81. The molecule has 116 valence electrons. The van der Waals surface area contributed by atoms with E-state index >= 15 is 0 Å². The van der Waals surface area contributed by atoms with Crippen molar-refractivity contribution in [2.45, 2.75) is 42.8 Å². The summed E-state index contributed by atoms with van der Waals surface area (Å²) in [7, 11) is -3.88. The van der Waals surface area contributed by atoms with Crippen LogP contribution >= 0.6 is 11.8 Å². The largest absolute Gasteiger partial charge is 0.480 e. The monoisotopic (exact) mass is 331 g/mol. The highest BCUT2D eigenvalue weighted by atomic mass is 32.2. The Balaban J connectivity index is 1.98. The summed E-state index contributed by atoms with van der Waals surface area (Å²) in [6.07, 6.45) is 4.83. The van der Waals surface area contributed by atoms with Crippen molar-refractivity contribution in [3.8, 4) is 0 Å². The Labute approximate surface area is 127 Å². The van der Waals surface area contributed by atoms with Crippen molar-refractivity contribution in [1.29, 1.82) is 0 Å². The number of sulfonamides is 1. The van der Waals surface area contributed by atoms with E-state index < -0.39 is 22.0 Å². The van der Waals surface area contributed by atoms with Crippen LogP contribution in [0.5, 0.6) is 0 Å². The van der Waals surface area contributed by atoms with Gasteiger partial charge < -0.3 is 9.67 Å². The molecule has 0 bridgehead atoms. The Kier molecular flexibility index (Phi) is 3.74. The maximum absolute atomic E-state index is 12.8. The van der Waals surface area contributed by atoms with Crippen LogP contribution in [0.2, 0.25) is 0 Å². The number of hydrogen-bond donors (Lipinski definition) is 1. The highest BCUT2D eigenvalue weighted by Crippen LogP contribution is 2.47. The SMILES string of the molecule is CCn1cnc(S(=O)(=O)N2C(C(=O)O)CSC2C2CC2)c1. The zero-order valence-electron chi connectivity index (χ0n) is 11.5. The van der Waals surface area contributed by atoms with Crippen LogP contribution in [-0.4, -0.2) is 50.5 Å². The van der Waals surface area contributed by atoms with Crippen molar-refractivity contribution < 1.29 is 18.3 Å². The van der Waals surface area contributed by atoms with Gasteiger partial charge in [-0.1, -0.05) is 0 Å². The number of aryl methyl sites for hydroxylation is 1. The number of imidazole rings is 1. The van der Waals surface area contributed by atoms with E-state index in [0.717, 1.165) is 12.8 Å². The van der Waals surface area contributed by atoms with Gasteiger partial charge in [0.25, 0.3) is 10.0 Å². The van der Waals surface area contributed by atoms with Gasteiger partial charge in [0.1, 0.15) is 6.04 Å². The molecule has 2 unspecified atom stereocenters. The molecule has 0 amide bonds. The standard InChI is InChI=1S/C12H17N3O4S2/c1-2-14-5-10(13-7-14)21(18,19)15-9(12(16)17)6-20-11(15)8-3-4-8/h5,7-9,11H,2-4,6H2,1H3,(H,16,17). The van der Waals surface area contributed by atoms with Gasteiger partial charge in [0.2, 0.25) is 0 Å². The van der Waals surface area contributed by atoms with Crippen LogP contribution in [0.25, 0.3) is 0 Å². The van der Waals surface area contributed by atoms with Crippen molar-refractivity contribution in [2.24, 2.45) is 5.92 Å². The Morgan fingerprint density at radius 2 is 2.24 bits per heavy atom. The predicted octanol–water partition coefficient (Wildman–Crippen LogP) is 0.830. The maximum atomic E-state index is 12.8. The van der Waals surface area contributed by atoms with Gasteiger partial charge in [-0.25, -0.2) is 13.4 Å². The van der Waals surface area contributed by atoms with E-state index in [0.29, 0.717) is 12.3 Å². The minimum absolute atomic E-state index is 0.0660. The molecule has 1 aliphatic heterocycles. The lowest BCUT2D eigenvalue weighted by molar-refractivity contribution is -0.140. The second-order valence-corrected chi connectivity index (χ2v) is 8.23. The summed E-state index contributed by atoms with van der Waals surface area (Å²) in [5.41, 5.74) is 0. The number of aliphatic carboxylic acids is 1. The van der Waals surface area contributed by atoms with Crippen LogP contribution in [0, 0.1) is 5.92 Å². The summed E-state index contributed by atoms with van der Waals surface area (Å²) >= 11 is 1.42. The Morgan fingerprint density at radius 1 is 1.52 bits per heavy atom. The molecular weight excluding hydrogens is 314 g/mol. The molecule has 1 aliphatic carbocycles. The van der Waals surface area contributed by atoms with Crippen molar-refractivity contribution in [3.63, 3.8) is 0 Å². The second-order valence-electron chi connectivity index (χ2n) is 5.29. The first-order valence-corrected chi connectivity index (χ1v) is 9.33. The summed E-state index contributed by atoms with van der Waals surface area (Å²) in [6.45, 7) is 2.50. The first-order valence-electron chi connectivity index (χ1n) is 6.85. The van der Waals surface area contributed by atoms with Gasteiger partial charge in [0, 0.05) is 18.5 Å². The van der Waals surface area contributed by atoms with Crippen LogP contribution in [-0.2, 0) is 21.4 Å². The fraction of sp³-hybridized carbons (Fsp3) is 0.667. The van der Waals surface area contributed by atoms with Crippen molar-refractivity contribution in [2.75, 3.05) is 5.75 Å². The minimum atomic E-state index is -3.88. The molecule has 1 saturated carbocycles. The lowest BCUT2D eigenvalue weighted by Gasteiger charge is -2.25. The lowest BCUT2D eigenvalue weighted by atomic mass is 10.3. The number of rotatable bonds is 5. The summed E-state index contributed by atoms with van der Waals surface area (Å²) in [5.74, 6) is -0.531. The first kappa shape index (κ1) is 14.9. The Bertz CT molecular complexity index is 653. The van der Waals surface area contributed by atoms with Crippen LogP contribution in [0.4, 0.5) is 0 Å². The highest BCUT2D eigenvalue weighted by molar-refractivity contribution is 8.01. The summed E-state index contributed by atoms with van der Waals surface area (Å²) in [4.78, 5) is 15.3. The number of aromatic nitrogens is 2. The third kappa shape index (κ3) is 2.58.